The molecule has 6 heteroatoms. The lowest BCUT2D eigenvalue weighted by molar-refractivity contribution is -0.127. The Morgan fingerprint density at radius 3 is 2.63 bits per heavy atom. The van der Waals surface area contributed by atoms with Crippen molar-refractivity contribution in [2.75, 3.05) is 13.1 Å². The molecule has 0 radical (unpaired) electrons. The van der Waals surface area contributed by atoms with Gasteiger partial charge in [0.15, 0.2) is 0 Å². The minimum atomic E-state index is -0.635. The van der Waals surface area contributed by atoms with Gasteiger partial charge in [-0.1, -0.05) is 37.3 Å². The Morgan fingerprint density at radius 2 is 1.96 bits per heavy atom. The van der Waals surface area contributed by atoms with E-state index in [2.05, 4.69) is 5.32 Å². The molecule has 2 aromatic rings. The van der Waals surface area contributed by atoms with E-state index in [4.69, 9.17) is 4.42 Å². The number of piperazine rings is 1. The maximum Gasteiger partial charge on any atom is 0.349 e. The predicted molar refractivity (Wildman–Crippen MR) is 102 cm³/mol. The van der Waals surface area contributed by atoms with Crippen LogP contribution in [0, 0.1) is 6.92 Å². The fraction of sp³-hybridized carbons (Fsp3) is 0.381. The molecule has 2 heterocycles. The van der Waals surface area contributed by atoms with Gasteiger partial charge in [-0.15, -0.1) is 0 Å². The largest absolute Gasteiger partial charge is 0.427 e. The van der Waals surface area contributed by atoms with Gasteiger partial charge in [-0.2, -0.15) is 0 Å². The lowest BCUT2D eigenvalue weighted by Gasteiger charge is -2.34. The normalized spacial score (nSPS) is 16.9. The van der Waals surface area contributed by atoms with E-state index in [-0.39, 0.29) is 11.5 Å². The SMILES string of the molecule is CCC1C(=O)NCCN1C(=O)c1c(C)cc(CCc2ccccc2)oc1=O. The van der Waals surface area contributed by atoms with Gasteiger partial charge < -0.3 is 14.6 Å². The summed E-state index contributed by atoms with van der Waals surface area (Å²) in [6.45, 7) is 4.36. The Hall–Kier alpha value is -2.89. The first-order valence-corrected chi connectivity index (χ1v) is 9.27. The van der Waals surface area contributed by atoms with Gasteiger partial charge >= 0.3 is 5.63 Å². The van der Waals surface area contributed by atoms with Crippen LogP contribution in [-0.4, -0.2) is 35.8 Å². The third kappa shape index (κ3) is 4.10. The molecule has 27 heavy (non-hydrogen) atoms. The highest BCUT2D eigenvalue weighted by Crippen LogP contribution is 2.16. The number of amides is 2. The number of hydrogen-bond donors (Lipinski definition) is 1. The van der Waals surface area contributed by atoms with E-state index in [9.17, 15) is 14.4 Å². The van der Waals surface area contributed by atoms with Crippen LogP contribution in [0.15, 0.2) is 45.6 Å². The first kappa shape index (κ1) is 18.9. The van der Waals surface area contributed by atoms with Crippen LogP contribution in [0.2, 0.25) is 0 Å². The number of nitrogens with zero attached hydrogens (tertiary/aromatic N) is 1. The van der Waals surface area contributed by atoms with Gasteiger partial charge in [-0.05, 0) is 37.0 Å². The summed E-state index contributed by atoms with van der Waals surface area (Å²) >= 11 is 0. The topological polar surface area (TPSA) is 79.6 Å². The van der Waals surface area contributed by atoms with Crippen molar-refractivity contribution in [3.05, 3.63) is 69.3 Å². The van der Waals surface area contributed by atoms with Crippen molar-refractivity contribution in [1.82, 2.24) is 10.2 Å². The molecule has 1 saturated heterocycles. The van der Waals surface area contributed by atoms with Crippen LogP contribution < -0.4 is 10.9 Å². The Balaban J connectivity index is 1.81. The summed E-state index contributed by atoms with van der Waals surface area (Å²) in [4.78, 5) is 38.9. The molecule has 0 saturated carbocycles. The molecule has 0 bridgehead atoms. The molecule has 2 amide bonds. The van der Waals surface area contributed by atoms with Crippen LogP contribution >= 0.6 is 0 Å². The predicted octanol–water partition coefficient (Wildman–Crippen LogP) is 2.08. The van der Waals surface area contributed by atoms with Crippen LogP contribution in [-0.2, 0) is 17.6 Å². The zero-order chi connectivity index (χ0) is 19.4. The summed E-state index contributed by atoms with van der Waals surface area (Å²) in [6, 6.07) is 11.1. The van der Waals surface area contributed by atoms with Gasteiger partial charge in [0.25, 0.3) is 5.91 Å². The van der Waals surface area contributed by atoms with E-state index < -0.39 is 17.6 Å². The van der Waals surface area contributed by atoms with Crippen molar-refractivity contribution < 1.29 is 14.0 Å². The molecule has 1 fully saturated rings. The zero-order valence-corrected chi connectivity index (χ0v) is 15.7. The van der Waals surface area contributed by atoms with E-state index >= 15 is 0 Å². The number of rotatable bonds is 5. The molecule has 6 nitrogen and oxygen atoms in total. The highest BCUT2D eigenvalue weighted by molar-refractivity contribution is 5.98. The molecule has 1 unspecified atom stereocenters. The van der Waals surface area contributed by atoms with Crippen molar-refractivity contribution in [1.29, 1.82) is 0 Å². The summed E-state index contributed by atoms with van der Waals surface area (Å²) in [6.07, 6.45) is 1.83. The molecule has 1 atom stereocenters. The summed E-state index contributed by atoms with van der Waals surface area (Å²) in [5, 5.41) is 2.76. The molecule has 1 aromatic carbocycles. The van der Waals surface area contributed by atoms with Crippen molar-refractivity contribution >= 4 is 11.8 Å². The van der Waals surface area contributed by atoms with E-state index in [0.717, 1.165) is 12.0 Å². The molecular weight excluding hydrogens is 344 g/mol. The summed E-state index contributed by atoms with van der Waals surface area (Å²) in [5.74, 6) is -0.0579. The molecule has 142 valence electrons. The van der Waals surface area contributed by atoms with Crippen molar-refractivity contribution in [3.63, 3.8) is 0 Å². The number of carbonyl (C=O) groups excluding carboxylic acids is 2. The third-order valence-electron chi connectivity index (χ3n) is 4.89. The van der Waals surface area contributed by atoms with Crippen LogP contribution in [0.25, 0.3) is 0 Å². The van der Waals surface area contributed by atoms with E-state index in [1.807, 2.05) is 37.3 Å². The highest BCUT2D eigenvalue weighted by Gasteiger charge is 2.34. The minimum Gasteiger partial charge on any atom is -0.427 e. The van der Waals surface area contributed by atoms with Gasteiger partial charge in [0.05, 0.1) is 0 Å². The second-order valence-electron chi connectivity index (χ2n) is 6.76. The van der Waals surface area contributed by atoms with Gasteiger partial charge in [0.2, 0.25) is 5.91 Å². The monoisotopic (exact) mass is 368 g/mol. The van der Waals surface area contributed by atoms with Crippen LogP contribution in [0.5, 0.6) is 0 Å². The maximum atomic E-state index is 12.9. The van der Waals surface area contributed by atoms with Crippen LogP contribution in [0.4, 0.5) is 0 Å². The number of benzene rings is 1. The first-order valence-electron chi connectivity index (χ1n) is 9.27. The molecule has 1 aromatic heterocycles. The smallest absolute Gasteiger partial charge is 0.349 e. The Morgan fingerprint density at radius 1 is 1.22 bits per heavy atom. The van der Waals surface area contributed by atoms with Crippen molar-refractivity contribution in [3.8, 4) is 0 Å². The molecular formula is C21H24N2O4. The minimum absolute atomic E-state index is 0.0200. The molecule has 1 N–H and O–H groups in total. The quantitative estimate of drug-likeness (QED) is 0.876. The Kier molecular flexibility index (Phi) is 5.74. The Bertz CT molecular complexity index is 889. The van der Waals surface area contributed by atoms with Crippen molar-refractivity contribution in [2.45, 2.75) is 39.2 Å². The lowest BCUT2D eigenvalue weighted by Crippen LogP contribution is -2.57. The molecule has 1 aliphatic heterocycles. The molecule has 1 aliphatic rings. The molecule has 0 spiro atoms. The Labute approximate surface area is 158 Å². The van der Waals surface area contributed by atoms with Crippen LogP contribution in [0.3, 0.4) is 0 Å². The van der Waals surface area contributed by atoms with E-state index in [0.29, 0.717) is 37.3 Å². The first-order chi connectivity index (χ1) is 13.0. The van der Waals surface area contributed by atoms with Gasteiger partial charge in [-0.25, -0.2) is 4.79 Å². The van der Waals surface area contributed by atoms with E-state index in [1.54, 1.807) is 13.0 Å². The zero-order valence-electron chi connectivity index (χ0n) is 15.7. The molecule has 3 rings (SSSR count). The highest BCUT2D eigenvalue weighted by atomic mass is 16.4. The van der Waals surface area contributed by atoms with Gasteiger partial charge in [0.1, 0.15) is 17.4 Å². The second-order valence-corrected chi connectivity index (χ2v) is 6.76. The average molecular weight is 368 g/mol. The summed E-state index contributed by atoms with van der Waals surface area (Å²) < 4.78 is 5.42. The number of carbonyl (C=O) groups is 2. The molecule has 0 aliphatic carbocycles. The van der Waals surface area contributed by atoms with Gasteiger partial charge in [0, 0.05) is 19.5 Å². The second kappa shape index (κ2) is 8.20. The van der Waals surface area contributed by atoms with Crippen LogP contribution in [0.1, 0.15) is 40.6 Å². The summed E-state index contributed by atoms with van der Waals surface area (Å²) in [5.41, 5.74) is 1.12. The number of aryl methyl sites for hydroxylation is 3. The lowest BCUT2D eigenvalue weighted by atomic mass is 10.0. The fourth-order valence-corrected chi connectivity index (χ4v) is 3.47. The third-order valence-corrected chi connectivity index (χ3v) is 4.89. The van der Waals surface area contributed by atoms with Gasteiger partial charge in [-0.3, -0.25) is 9.59 Å². The number of hydrogen-bond acceptors (Lipinski definition) is 4. The average Bonchev–Trinajstić information content (AvgIpc) is 2.66. The fourth-order valence-electron chi connectivity index (χ4n) is 3.47. The number of nitrogens with one attached hydrogen (secondary N) is 1. The maximum absolute atomic E-state index is 12.9. The standard InChI is InChI=1S/C21H24N2O4/c1-3-17-19(24)22-11-12-23(17)20(25)18-14(2)13-16(27-21(18)26)10-9-15-7-5-4-6-8-15/h4-8,13,17H,3,9-12H2,1-2H3,(H,22,24). The van der Waals surface area contributed by atoms with Crippen molar-refractivity contribution in [2.24, 2.45) is 0 Å². The summed E-state index contributed by atoms with van der Waals surface area (Å²) in [7, 11) is 0. The van der Waals surface area contributed by atoms with E-state index in [1.165, 1.54) is 4.90 Å².